The molecule has 25 heavy (non-hydrogen) atoms. The van der Waals surface area contributed by atoms with Crippen LogP contribution in [-0.4, -0.2) is 23.8 Å². The van der Waals surface area contributed by atoms with E-state index in [9.17, 15) is 18.0 Å². The summed E-state index contributed by atoms with van der Waals surface area (Å²) in [4.78, 5) is 13.7. The van der Waals surface area contributed by atoms with Gasteiger partial charge in [-0.15, -0.1) is 13.2 Å². The van der Waals surface area contributed by atoms with Gasteiger partial charge in [0.15, 0.2) is 0 Å². The number of nitrogens with one attached hydrogen (secondary N) is 1. The molecule has 0 spiro atoms. The van der Waals surface area contributed by atoms with Crippen LogP contribution < -0.4 is 10.1 Å². The Balaban J connectivity index is 2.00. The molecule has 2 aromatic rings. The quantitative estimate of drug-likeness (QED) is 0.847. The third-order valence-corrected chi connectivity index (χ3v) is 3.05. The summed E-state index contributed by atoms with van der Waals surface area (Å²) in [6.07, 6.45) is -3.18. The van der Waals surface area contributed by atoms with Crippen molar-refractivity contribution < 1.29 is 27.1 Å². The van der Waals surface area contributed by atoms with Crippen LogP contribution in [0.3, 0.4) is 0 Å². The number of carbonyl (C=O) groups is 1. The number of rotatable bonds is 6. The van der Waals surface area contributed by atoms with Crippen molar-refractivity contribution in [2.75, 3.05) is 11.9 Å². The molecule has 1 heterocycles. The van der Waals surface area contributed by atoms with Crippen LogP contribution in [0.2, 0.25) is 0 Å². The maximum atomic E-state index is 12.3. The Labute approximate surface area is 141 Å². The zero-order valence-corrected chi connectivity index (χ0v) is 12.9. The van der Waals surface area contributed by atoms with Gasteiger partial charge in [0.2, 0.25) is 0 Å². The van der Waals surface area contributed by atoms with Crippen LogP contribution in [0, 0.1) is 11.3 Å². The van der Waals surface area contributed by atoms with Crippen LogP contribution >= 0.6 is 0 Å². The number of halogens is 3. The van der Waals surface area contributed by atoms with E-state index in [0.717, 1.165) is 12.1 Å². The van der Waals surface area contributed by atoms with Crippen LogP contribution in [0.25, 0.3) is 0 Å². The second kappa shape index (κ2) is 8.10. The molecular weight excluding hydrogens is 339 g/mol. The molecule has 1 N–H and O–H groups in total. The average Bonchev–Trinajstić information content (AvgIpc) is 3.05. The van der Waals surface area contributed by atoms with E-state index in [4.69, 9.17) is 9.68 Å². The lowest BCUT2D eigenvalue weighted by molar-refractivity contribution is -0.274. The van der Waals surface area contributed by atoms with Gasteiger partial charge in [-0.05, 0) is 36.4 Å². The van der Waals surface area contributed by atoms with E-state index in [0.29, 0.717) is 11.4 Å². The van der Waals surface area contributed by atoms with Crippen LogP contribution in [-0.2, 0) is 6.54 Å². The van der Waals surface area contributed by atoms with Gasteiger partial charge in [-0.25, -0.2) is 4.79 Å². The molecule has 0 aliphatic rings. The van der Waals surface area contributed by atoms with Crippen molar-refractivity contribution in [3.63, 3.8) is 0 Å². The van der Waals surface area contributed by atoms with Gasteiger partial charge in [0, 0.05) is 12.2 Å². The molecule has 2 amide bonds. The molecule has 0 saturated heterocycles. The van der Waals surface area contributed by atoms with Crippen molar-refractivity contribution in [3.05, 3.63) is 48.4 Å². The first-order valence-corrected chi connectivity index (χ1v) is 7.18. The number of amides is 2. The van der Waals surface area contributed by atoms with E-state index >= 15 is 0 Å². The zero-order chi connectivity index (χ0) is 18.3. The largest absolute Gasteiger partial charge is 0.573 e. The number of nitriles is 1. The minimum atomic E-state index is -4.78. The summed E-state index contributed by atoms with van der Waals surface area (Å²) < 4.78 is 45.3. The highest BCUT2D eigenvalue weighted by Crippen LogP contribution is 2.24. The normalized spacial score (nSPS) is 10.8. The van der Waals surface area contributed by atoms with Gasteiger partial charge in [-0.3, -0.25) is 0 Å². The van der Waals surface area contributed by atoms with E-state index in [1.165, 1.54) is 23.3 Å². The predicted molar refractivity (Wildman–Crippen MR) is 81.5 cm³/mol. The van der Waals surface area contributed by atoms with Crippen LogP contribution in [0.1, 0.15) is 12.2 Å². The second-order valence-corrected chi connectivity index (χ2v) is 4.91. The smallest absolute Gasteiger partial charge is 0.467 e. The van der Waals surface area contributed by atoms with E-state index < -0.39 is 12.4 Å². The molecule has 0 aliphatic carbocycles. The molecule has 1 aromatic heterocycles. The SMILES string of the molecule is N#CCCN(Cc1ccco1)C(=O)Nc1ccc(OC(F)(F)F)cc1. The number of furan rings is 1. The summed E-state index contributed by atoms with van der Waals surface area (Å²) in [5, 5.41) is 11.3. The number of hydrogen-bond acceptors (Lipinski definition) is 4. The van der Waals surface area contributed by atoms with Crippen LogP contribution in [0.5, 0.6) is 5.75 Å². The third kappa shape index (κ3) is 6.10. The van der Waals surface area contributed by atoms with Gasteiger partial charge in [0.1, 0.15) is 11.5 Å². The molecule has 0 aliphatic heterocycles. The first-order valence-electron chi connectivity index (χ1n) is 7.18. The molecule has 1 aromatic carbocycles. The fourth-order valence-corrected chi connectivity index (χ4v) is 1.97. The number of nitrogens with zero attached hydrogens (tertiary/aromatic N) is 2. The highest BCUT2D eigenvalue weighted by Gasteiger charge is 2.31. The van der Waals surface area contributed by atoms with Crippen LogP contribution in [0.15, 0.2) is 47.1 Å². The average molecular weight is 353 g/mol. The lowest BCUT2D eigenvalue weighted by Crippen LogP contribution is -2.35. The topological polar surface area (TPSA) is 78.5 Å². The minimum Gasteiger partial charge on any atom is -0.467 e. The Bertz CT molecular complexity index is 722. The number of benzene rings is 1. The van der Waals surface area contributed by atoms with E-state index in [2.05, 4.69) is 10.1 Å². The number of ether oxygens (including phenoxy) is 1. The summed E-state index contributed by atoms with van der Waals surface area (Å²) in [6, 6.07) is 9.57. The van der Waals surface area contributed by atoms with Gasteiger partial charge in [0.25, 0.3) is 0 Å². The lowest BCUT2D eigenvalue weighted by Gasteiger charge is -2.21. The lowest BCUT2D eigenvalue weighted by atomic mass is 10.3. The Morgan fingerprint density at radius 3 is 2.56 bits per heavy atom. The molecule has 0 fully saturated rings. The molecule has 0 saturated carbocycles. The maximum absolute atomic E-state index is 12.3. The second-order valence-electron chi connectivity index (χ2n) is 4.91. The Morgan fingerprint density at radius 1 is 1.28 bits per heavy atom. The van der Waals surface area contributed by atoms with Crippen molar-refractivity contribution >= 4 is 11.7 Å². The third-order valence-electron chi connectivity index (χ3n) is 3.05. The van der Waals surface area contributed by atoms with Crippen molar-refractivity contribution in [3.8, 4) is 11.8 Å². The fourth-order valence-electron chi connectivity index (χ4n) is 1.97. The van der Waals surface area contributed by atoms with Gasteiger partial charge in [-0.2, -0.15) is 5.26 Å². The molecule has 0 unspecified atom stereocenters. The summed E-state index contributed by atoms with van der Waals surface area (Å²) in [5.41, 5.74) is 0.293. The van der Waals surface area contributed by atoms with Crippen molar-refractivity contribution in [1.82, 2.24) is 4.90 Å². The van der Waals surface area contributed by atoms with Crippen molar-refractivity contribution in [2.45, 2.75) is 19.3 Å². The zero-order valence-electron chi connectivity index (χ0n) is 12.9. The van der Waals surface area contributed by atoms with E-state index in [1.54, 1.807) is 12.1 Å². The van der Waals surface area contributed by atoms with Gasteiger partial charge in [-0.1, -0.05) is 0 Å². The highest BCUT2D eigenvalue weighted by atomic mass is 19.4. The molecule has 6 nitrogen and oxygen atoms in total. The molecule has 0 radical (unpaired) electrons. The molecular formula is C16H14F3N3O3. The molecule has 9 heteroatoms. The highest BCUT2D eigenvalue weighted by molar-refractivity contribution is 5.89. The standard InChI is InChI=1S/C16H14F3N3O3/c17-16(18,19)25-13-6-4-12(5-7-13)21-15(23)22(9-2-8-20)11-14-3-1-10-24-14/h1,3-7,10H,2,9,11H2,(H,21,23). The number of hydrogen-bond donors (Lipinski definition) is 1. The summed E-state index contributed by atoms with van der Waals surface area (Å²) in [6.45, 7) is 0.341. The van der Waals surface area contributed by atoms with E-state index in [-0.39, 0.29) is 25.3 Å². The Morgan fingerprint density at radius 2 is 2.00 bits per heavy atom. The van der Waals surface area contributed by atoms with Gasteiger partial charge < -0.3 is 19.4 Å². The van der Waals surface area contributed by atoms with Crippen molar-refractivity contribution in [1.29, 1.82) is 5.26 Å². The summed E-state index contributed by atoms with van der Waals surface area (Å²) >= 11 is 0. The number of carbonyl (C=O) groups excluding carboxylic acids is 1. The molecule has 0 bridgehead atoms. The predicted octanol–water partition coefficient (Wildman–Crippen LogP) is 4.13. The minimum absolute atomic E-state index is 0.131. The van der Waals surface area contributed by atoms with Gasteiger partial charge in [0.05, 0.1) is 25.3 Å². The Hall–Kier alpha value is -3.15. The van der Waals surface area contributed by atoms with E-state index in [1.807, 2.05) is 6.07 Å². The molecule has 2 rings (SSSR count). The number of alkyl halides is 3. The van der Waals surface area contributed by atoms with Crippen molar-refractivity contribution in [2.24, 2.45) is 0 Å². The first-order chi connectivity index (χ1) is 11.9. The van der Waals surface area contributed by atoms with Crippen LogP contribution in [0.4, 0.5) is 23.7 Å². The van der Waals surface area contributed by atoms with Gasteiger partial charge >= 0.3 is 12.4 Å². The first kappa shape index (κ1) is 18.2. The number of anilines is 1. The molecule has 0 atom stereocenters. The summed E-state index contributed by atoms with van der Waals surface area (Å²) in [5.74, 6) is 0.157. The maximum Gasteiger partial charge on any atom is 0.573 e. The Kier molecular flexibility index (Phi) is 5.89. The number of urea groups is 1. The fraction of sp³-hybridized carbons (Fsp3) is 0.250. The monoisotopic (exact) mass is 353 g/mol. The molecule has 132 valence electrons. The summed E-state index contributed by atoms with van der Waals surface area (Å²) in [7, 11) is 0.